The van der Waals surface area contributed by atoms with Crippen LogP contribution in [0.4, 0.5) is 5.95 Å². The Morgan fingerprint density at radius 2 is 2.05 bits per heavy atom. The number of carboxylic acids is 1. The Bertz CT molecular complexity index is 638. The highest BCUT2D eigenvalue weighted by Crippen LogP contribution is 2.03. The SMILES string of the molecule is O=C(O)c1cnc(NCCCc2ccccc2)[nH]c1=O. The average Bonchev–Trinajstić information content (AvgIpc) is 2.44. The molecule has 1 aromatic carbocycles. The molecule has 0 saturated heterocycles. The van der Waals surface area contributed by atoms with Gasteiger partial charge in [-0.05, 0) is 18.4 Å². The molecular formula is C14H15N3O3. The molecule has 0 bridgehead atoms. The molecular weight excluding hydrogens is 258 g/mol. The smallest absolute Gasteiger partial charge is 0.342 e. The molecule has 0 spiro atoms. The Morgan fingerprint density at radius 3 is 2.70 bits per heavy atom. The van der Waals surface area contributed by atoms with Gasteiger partial charge in [0, 0.05) is 6.54 Å². The molecule has 6 nitrogen and oxygen atoms in total. The summed E-state index contributed by atoms with van der Waals surface area (Å²) in [6, 6.07) is 10.1. The average molecular weight is 273 g/mol. The highest BCUT2D eigenvalue weighted by atomic mass is 16.4. The van der Waals surface area contributed by atoms with Crippen LogP contribution in [0.1, 0.15) is 22.3 Å². The zero-order chi connectivity index (χ0) is 14.4. The minimum absolute atomic E-state index is 0.285. The number of aryl methyl sites for hydroxylation is 1. The molecule has 3 N–H and O–H groups in total. The van der Waals surface area contributed by atoms with Crippen molar-refractivity contribution < 1.29 is 9.90 Å². The van der Waals surface area contributed by atoms with Crippen LogP contribution in [-0.2, 0) is 6.42 Å². The van der Waals surface area contributed by atoms with Crippen molar-refractivity contribution in [1.29, 1.82) is 0 Å². The van der Waals surface area contributed by atoms with Gasteiger partial charge in [0.25, 0.3) is 5.56 Å². The largest absolute Gasteiger partial charge is 0.477 e. The van der Waals surface area contributed by atoms with Gasteiger partial charge in [-0.25, -0.2) is 9.78 Å². The number of carboxylic acid groups (broad SMARTS) is 1. The quantitative estimate of drug-likeness (QED) is 0.693. The van der Waals surface area contributed by atoms with E-state index in [0.29, 0.717) is 6.54 Å². The standard InChI is InChI=1S/C14H15N3O3/c18-12-11(13(19)20)9-16-14(17-12)15-8-4-7-10-5-2-1-3-6-10/h1-3,5-6,9H,4,7-8H2,(H,19,20)(H2,15,16,17,18). The lowest BCUT2D eigenvalue weighted by Gasteiger charge is -2.05. The third-order valence-electron chi connectivity index (χ3n) is 2.81. The van der Waals surface area contributed by atoms with Crippen molar-refractivity contribution in [3.05, 3.63) is 58.0 Å². The Kier molecular flexibility index (Phi) is 4.49. The molecule has 0 aliphatic heterocycles. The van der Waals surface area contributed by atoms with Crippen molar-refractivity contribution in [2.45, 2.75) is 12.8 Å². The number of aromatic nitrogens is 2. The van der Waals surface area contributed by atoms with Gasteiger partial charge in [-0.2, -0.15) is 0 Å². The maximum Gasteiger partial charge on any atom is 0.342 e. The number of hydrogen-bond acceptors (Lipinski definition) is 4. The second kappa shape index (κ2) is 6.51. The second-order valence-corrected chi connectivity index (χ2v) is 4.30. The maximum atomic E-state index is 11.4. The molecule has 0 aliphatic carbocycles. The Hall–Kier alpha value is -2.63. The Labute approximate surface area is 115 Å². The van der Waals surface area contributed by atoms with Crippen LogP contribution in [-0.4, -0.2) is 27.6 Å². The lowest BCUT2D eigenvalue weighted by molar-refractivity contribution is 0.0694. The molecule has 0 aliphatic rings. The molecule has 0 saturated carbocycles. The van der Waals surface area contributed by atoms with E-state index in [9.17, 15) is 9.59 Å². The number of anilines is 1. The van der Waals surface area contributed by atoms with Crippen LogP contribution in [0.15, 0.2) is 41.3 Å². The summed E-state index contributed by atoms with van der Waals surface area (Å²) in [5.74, 6) is -0.998. The zero-order valence-electron chi connectivity index (χ0n) is 10.8. The molecule has 0 atom stereocenters. The summed E-state index contributed by atoms with van der Waals surface area (Å²) in [6.07, 6.45) is 2.86. The highest BCUT2D eigenvalue weighted by Gasteiger charge is 2.09. The fourth-order valence-electron chi connectivity index (χ4n) is 1.78. The number of carbonyl (C=O) groups is 1. The lowest BCUT2D eigenvalue weighted by atomic mass is 10.1. The van der Waals surface area contributed by atoms with Crippen molar-refractivity contribution in [1.82, 2.24) is 9.97 Å². The third-order valence-corrected chi connectivity index (χ3v) is 2.81. The molecule has 1 aromatic heterocycles. The summed E-state index contributed by atoms with van der Waals surface area (Å²) in [5.41, 5.74) is 0.231. The normalized spacial score (nSPS) is 10.2. The van der Waals surface area contributed by atoms with Crippen molar-refractivity contribution in [2.24, 2.45) is 0 Å². The first-order valence-corrected chi connectivity index (χ1v) is 6.27. The van der Waals surface area contributed by atoms with Crippen molar-refractivity contribution in [3.8, 4) is 0 Å². The summed E-state index contributed by atoms with van der Waals surface area (Å²) in [5, 5.41) is 11.7. The zero-order valence-corrected chi connectivity index (χ0v) is 10.8. The number of nitrogens with zero attached hydrogens (tertiary/aromatic N) is 1. The predicted molar refractivity (Wildman–Crippen MR) is 75.1 cm³/mol. The first kappa shape index (κ1) is 13.8. The van der Waals surface area contributed by atoms with E-state index in [-0.39, 0.29) is 11.5 Å². The Balaban J connectivity index is 1.84. The van der Waals surface area contributed by atoms with Crippen LogP contribution >= 0.6 is 0 Å². The molecule has 0 radical (unpaired) electrons. The topological polar surface area (TPSA) is 95.1 Å². The fraction of sp³-hybridized carbons (Fsp3) is 0.214. The number of H-pyrrole nitrogens is 1. The number of hydrogen-bond donors (Lipinski definition) is 3. The minimum atomic E-state index is -1.28. The first-order chi connectivity index (χ1) is 9.66. The summed E-state index contributed by atoms with van der Waals surface area (Å²) in [7, 11) is 0. The van der Waals surface area contributed by atoms with Gasteiger partial charge in [0.2, 0.25) is 5.95 Å². The van der Waals surface area contributed by atoms with E-state index in [4.69, 9.17) is 5.11 Å². The van der Waals surface area contributed by atoms with Gasteiger partial charge in [-0.1, -0.05) is 30.3 Å². The minimum Gasteiger partial charge on any atom is -0.477 e. The summed E-state index contributed by atoms with van der Waals surface area (Å²) >= 11 is 0. The van der Waals surface area contributed by atoms with Crippen molar-refractivity contribution in [2.75, 3.05) is 11.9 Å². The van der Waals surface area contributed by atoms with E-state index in [1.807, 2.05) is 18.2 Å². The fourth-order valence-corrected chi connectivity index (χ4v) is 1.78. The van der Waals surface area contributed by atoms with Crippen LogP contribution in [0.2, 0.25) is 0 Å². The summed E-state index contributed by atoms with van der Waals surface area (Å²) < 4.78 is 0. The van der Waals surface area contributed by atoms with Crippen molar-refractivity contribution >= 4 is 11.9 Å². The van der Waals surface area contributed by atoms with E-state index >= 15 is 0 Å². The summed E-state index contributed by atoms with van der Waals surface area (Å²) in [6.45, 7) is 0.643. The molecule has 6 heteroatoms. The van der Waals surface area contributed by atoms with E-state index in [2.05, 4.69) is 27.4 Å². The predicted octanol–water partition coefficient (Wildman–Crippen LogP) is 1.51. The van der Waals surface area contributed by atoms with Crippen LogP contribution in [0.3, 0.4) is 0 Å². The van der Waals surface area contributed by atoms with E-state index in [1.165, 1.54) is 5.56 Å². The molecule has 104 valence electrons. The maximum absolute atomic E-state index is 11.4. The molecule has 0 amide bonds. The summed E-state index contributed by atoms with van der Waals surface area (Å²) in [4.78, 5) is 28.3. The van der Waals surface area contributed by atoms with Crippen LogP contribution < -0.4 is 10.9 Å². The van der Waals surface area contributed by atoms with Crippen LogP contribution in [0.5, 0.6) is 0 Å². The van der Waals surface area contributed by atoms with Gasteiger partial charge >= 0.3 is 5.97 Å². The second-order valence-electron chi connectivity index (χ2n) is 4.30. The molecule has 0 unspecified atom stereocenters. The number of aromatic amines is 1. The molecule has 0 fully saturated rings. The third kappa shape index (κ3) is 3.68. The molecule has 2 rings (SSSR count). The van der Waals surface area contributed by atoms with Gasteiger partial charge in [0.15, 0.2) is 0 Å². The number of nitrogens with one attached hydrogen (secondary N) is 2. The van der Waals surface area contributed by atoms with E-state index < -0.39 is 11.5 Å². The van der Waals surface area contributed by atoms with E-state index in [0.717, 1.165) is 19.0 Å². The number of benzene rings is 1. The van der Waals surface area contributed by atoms with Gasteiger partial charge in [0.1, 0.15) is 5.56 Å². The number of aromatic carboxylic acids is 1. The van der Waals surface area contributed by atoms with Crippen molar-refractivity contribution in [3.63, 3.8) is 0 Å². The van der Waals surface area contributed by atoms with Gasteiger partial charge in [0.05, 0.1) is 6.20 Å². The molecule has 1 heterocycles. The highest BCUT2D eigenvalue weighted by molar-refractivity contribution is 5.86. The molecule has 20 heavy (non-hydrogen) atoms. The monoisotopic (exact) mass is 273 g/mol. The Morgan fingerprint density at radius 1 is 1.30 bits per heavy atom. The number of rotatable bonds is 6. The van der Waals surface area contributed by atoms with E-state index in [1.54, 1.807) is 0 Å². The van der Waals surface area contributed by atoms with Gasteiger partial charge < -0.3 is 10.4 Å². The van der Waals surface area contributed by atoms with Crippen LogP contribution in [0, 0.1) is 0 Å². The lowest BCUT2D eigenvalue weighted by Crippen LogP contribution is -2.20. The van der Waals surface area contributed by atoms with Crippen LogP contribution in [0.25, 0.3) is 0 Å². The van der Waals surface area contributed by atoms with Gasteiger partial charge in [-0.15, -0.1) is 0 Å². The first-order valence-electron chi connectivity index (χ1n) is 6.27. The molecule has 2 aromatic rings. The van der Waals surface area contributed by atoms with Gasteiger partial charge in [-0.3, -0.25) is 9.78 Å².